The van der Waals surface area contributed by atoms with Gasteiger partial charge in [-0.15, -0.1) is 11.3 Å². The number of amides is 1. The quantitative estimate of drug-likeness (QED) is 0.864. The van der Waals surface area contributed by atoms with Crippen molar-refractivity contribution >= 4 is 29.0 Å². The third-order valence-corrected chi connectivity index (χ3v) is 4.46. The number of carbonyl (C=O) groups is 1. The molecular weight excluding hydrogens is 252 g/mol. The zero-order valence-electron chi connectivity index (χ0n) is 10.6. The SMILES string of the molecule is CSCCC(C)N(C)C(=O)C(N)c1cccs1. The second kappa shape index (κ2) is 7.03. The summed E-state index contributed by atoms with van der Waals surface area (Å²) in [5, 5.41) is 1.94. The summed E-state index contributed by atoms with van der Waals surface area (Å²) in [4.78, 5) is 14.8. The number of hydrogen-bond donors (Lipinski definition) is 1. The molecule has 5 heteroatoms. The van der Waals surface area contributed by atoms with Crippen molar-refractivity contribution in [3.8, 4) is 0 Å². The first-order chi connectivity index (χ1) is 8.07. The summed E-state index contributed by atoms with van der Waals surface area (Å²) in [5.41, 5.74) is 5.96. The van der Waals surface area contributed by atoms with Gasteiger partial charge in [0, 0.05) is 18.0 Å². The minimum atomic E-state index is -0.517. The number of rotatable bonds is 6. The van der Waals surface area contributed by atoms with Crippen molar-refractivity contribution in [1.82, 2.24) is 4.90 Å². The van der Waals surface area contributed by atoms with Crippen LogP contribution in [-0.4, -0.2) is 35.9 Å². The lowest BCUT2D eigenvalue weighted by Crippen LogP contribution is -2.41. The van der Waals surface area contributed by atoms with Crippen LogP contribution in [0.5, 0.6) is 0 Å². The highest BCUT2D eigenvalue weighted by Gasteiger charge is 2.23. The highest BCUT2D eigenvalue weighted by atomic mass is 32.2. The highest BCUT2D eigenvalue weighted by Crippen LogP contribution is 2.19. The van der Waals surface area contributed by atoms with E-state index in [2.05, 4.69) is 13.2 Å². The zero-order valence-corrected chi connectivity index (χ0v) is 12.2. The lowest BCUT2D eigenvalue weighted by atomic mass is 10.1. The van der Waals surface area contributed by atoms with Gasteiger partial charge in [-0.05, 0) is 36.8 Å². The molecule has 2 unspecified atom stereocenters. The number of carbonyl (C=O) groups excluding carboxylic acids is 1. The predicted octanol–water partition coefficient (Wildman–Crippen LogP) is 2.35. The minimum absolute atomic E-state index is 0.000975. The third-order valence-electron chi connectivity index (χ3n) is 2.86. The summed E-state index contributed by atoms with van der Waals surface area (Å²) < 4.78 is 0. The van der Waals surface area contributed by atoms with Crippen molar-refractivity contribution in [2.45, 2.75) is 25.4 Å². The molecular formula is C12H20N2OS2. The van der Waals surface area contributed by atoms with E-state index in [1.54, 1.807) is 16.7 Å². The van der Waals surface area contributed by atoms with E-state index < -0.39 is 6.04 Å². The summed E-state index contributed by atoms with van der Waals surface area (Å²) in [6.45, 7) is 2.06. The molecule has 0 saturated carbocycles. The number of hydrogen-bond acceptors (Lipinski definition) is 4. The fraction of sp³-hybridized carbons (Fsp3) is 0.583. The molecule has 0 aromatic carbocycles. The smallest absolute Gasteiger partial charge is 0.244 e. The molecule has 1 rings (SSSR count). The molecule has 2 N–H and O–H groups in total. The topological polar surface area (TPSA) is 46.3 Å². The van der Waals surface area contributed by atoms with Gasteiger partial charge in [-0.3, -0.25) is 4.79 Å². The van der Waals surface area contributed by atoms with Gasteiger partial charge in [0.25, 0.3) is 0 Å². The van der Waals surface area contributed by atoms with Crippen molar-refractivity contribution < 1.29 is 4.79 Å². The van der Waals surface area contributed by atoms with Gasteiger partial charge in [-0.2, -0.15) is 11.8 Å². The summed E-state index contributed by atoms with van der Waals surface area (Å²) in [5.74, 6) is 1.06. The molecule has 0 spiro atoms. The zero-order chi connectivity index (χ0) is 12.8. The van der Waals surface area contributed by atoms with Gasteiger partial charge < -0.3 is 10.6 Å². The Morgan fingerprint density at radius 1 is 1.65 bits per heavy atom. The maximum atomic E-state index is 12.1. The molecule has 0 fully saturated rings. The Bertz CT molecular complexity index is 340. The number of thioether (sulfide) groups is 1. The second-order valence-electron chi connectivity index (χ2n) is 4.07. The Morgan fingerprint density at radius 2 is 2.35 bits per heavy atom. The lowest BCUT2D eigenvalue weighted by Gasteiger charge is -2.27. The highest BCUT2D eigenvalue weighted by molar-refractivity contribution is 7.98. The Balaban J connectivity index is 2.57. The van der Waals surface area contributed by atoms with Crippen LogP contribution in [0.1, 0.15) is 24.3 Å². The van der Waals surface area contributed by atoms with E-state index in [1.807, 2.05) is 24.6 Å². The van der Waals surface area contributed by atoms with E-state index in [0.717, 1.165) is 17.1 Å². The average Bonchev–Trinajstić information content (AvgIpc) is 2.86. The summed E-state index contributed by atoms with van der Waals surface area (Å²) in [6.07, 6.45) is 3.08. The van der Waals surface area contributed by atoms with E-state index >= 15 is 0 Å². The normalized spacial score (nSPS) is 14.4. The van der Waals surface area contributed by atoms with Crippen molar-refractivity contribution in [3.05, 3.63) is 22.4 Å². The number of nitrogens with zero attached hydrogens (tertiary/aromatic N) is 1. The third kappa shape index (κ3) is 4.01. The molecule has 0 saturated heterocycles. The van der Waals surface area contributed by atoms with Crippen LogP contribution in [0.4, 0.5) is 0 Å². The Morgan fingerprint density at radius 3 is 2.88 bits per heavy atom. The van der Waals surface area contributed by atoms with Crippen LogP contribution in [0.25, 0.3) is 0 Å². The van der Waals surface area contributed by atoms with Gasteiger partial charge in [0.05, 0.1) is 0 Å². The first-order valence-corrected chi connectivity index (χ1v) is 7.90. The molecule has 17 heavy (non-hydrogen) atoms. The average molecular weight is 272 g/mol. The van der Waals surface area contributed by atoms with Crippen LogP contribution in [0.15, 0.2) is 17.5 Å². The van der Waals surface area contributed by atoms with Crippen LogP contribution in [0.3, 0.4) is 0 Å². The molecule has 96 valence electrons. The molecule has 0 aliphatic carbocycles. The van der Waals surface area contributed by atoms with Crippen molar-refractivity contribution in [2.24, 2.45) is 5.73 Å². The van der Waals surface area contributed by atoms with Crippen LogP contribution in [0.2, 0.25) is 0 Å². The van der Waals surface area contributed by atoms with Crippen LogP contribution in [-0.2, 0) is 4.79 Å². The van der Waals surface area contributed by atoms with E-state index in [0.29, 0.717) is 0 Å². The molecule has 3 nitrogen and oxygen atoms in total. The van der Waals surface area contributed by atoms with Crippen LogP contribution >= 0.6 is 23.1 Å². The molecule has 0 bridgehead atoms. The second-order valence-corrected chi connectivity index (χ2v) is 6.04. The molecule has 1 heterocycles. The Kier molecular flexibility index (Phi) is 6.02. The Labute approximate surface area is 111 Å². The standard InChI is InChI=1S/C12H20N2OS2/c1-9(6-8-16-3)14(2)12(15)11(13)10-5-4-7-17-10/h4-5,7,9,11H,6,8,13H2,1-3H3. The largest absolute Gasteiger partial charge is 0.341 e. The fourth-order valence-corrected chi connectivity index (χ4v) is 2.80. The molecule has 0 aliphatic rings. The molecule has 1 aromatic heterocycles. The van der Waals surface area contributed by atoms with E-state index in [4.69, 9.17) is 5.73 Å². The van der Waals surface area contributed by atoms with Crippen molar-refractivity contribution in [1.29, 1.82) is 0 Å². The molecule has 0 radical (unpaired) electrons. The summed E-state index contributed by atoms with van der Waals surface area (Å²) in [6, 6.07) is 3.55. The monoisotopic (exact) mass is 272 g/mol. The first-order valence-electron chi connectivity index (χ1n) is 5.62. The van der Waals surface area contributed by atoms with E-state index in [1.165, 1.54) is 11.3 Å². The Hall–Kier alpha value is -0.520. The predicted molar refractivity (Wildman–Crippen MR) is 76.5 cm³/mol. The minimum Gasteiger partial charge on any atom is -0.341 e. The first kappa shape index (κ1) is 14.5. The fourth-order valence-electron chi connectivity index (χ4n) is 1.51. The maximum Gasteiger partial charge on any atom is 0.244 e. The van der Waals surface area contributed by atoms with Gasteiger partial charge in [0.1, 0.15) is 6.04 Å². The summed E-state index contributed by atoms with van der Waals surface area (Å²) in [7, 11) is 1.83. The molecule has 1 amide bonds. The van der Waals surface area contributed by atoms with Crippen LogP contribution in [0, 0.1) is 0 Å². The van der Waals surface area contributed by atoms with Crippen molar-refractivity contribution in [2.75, 3.05) is 19.1 Å². The van der Waals surface area contributed by atoms with Crippen molar-refractivity contribution in [3.63, 3.8) is 0 Å². The molecule has 0 aliphatic heterocycles. The number of likely N-dealkylation sites (N-methyl/N-ethyl adjacent to an activating group) is 1. The number of thiophene rings is 1. The van der Waals surface area contributed by atoms with Gasteiger partial charge in [-0.1, -0.05) is 6.07 Å². The van der Waals surface area contributed by atoms with E-state index in [-0.39, 0.29) is 11.9 Å². The van der Waals surface area contributed by atoms with Gasteiger partial charge in [0.2, 0.25) is 5.91 Å². The van der Waals surface area contributed by atoms with Gasteiger partial charge >= 0.3 is 0 Å². The van der Waals surface area contributed by atoms with Crippen LogP contribution < -0.4 is 5.73 Å². The van der Waals surface area contributed by atoms with Gasteiger partial charge in [0.15, 0.2) is 0 Å². The van der Waals surface area contributed by atoms with Gasteiger partial charge in [-0.25, -0.2) is 0 Å². The maximum absolute atomic E-state index is 12.1. The lowest BCUT2D eigenvalue weighted by molar-refractivity contribution is -0.133. The molecule has 2 atom stereocenters. The number of nitrogens with two attached hydrogens (primary N) is 1. The van der Waals surface area contributed by atoms with E-state index in [9.17, 15) is 4.79 Å². The summed E-state index contributed by atoms with van der Waals surface area (Å²) >= 11 is 3.33. The molecule has 1 aromatic rings.